The third-order valence-corrected chi connectivity index (χ3v) is 3.05. The molecular formula is C10H10ClN3O. The first-order valence-electron chi connectivity index (χ1n) is 4.75. The first kappa shape index (κ1) is 10.2. The zero-order chi connectivity index (χ0) is 10.9. The third kappa shape index (κ3) is 2.02. The smallest absolute Gasteiger partial charge is 0.288 e. The minimum atomic E-state index is -0.275. The fraction of sp³-hybridized carbons (Fsp3) is 0.500. The Labute approximate surface area is 92.1 Å². The van der Waals surface area contributed by atoms with Gasteiger partial charge in [-0.2, -0.15) is 5.26 Å². The summed E-state index contributed by atoms with van der Waals surface area (Å²) < 4.78 is 1.54. The summed E-state index contributed by atoms with van der Waals surface area (Å²) in [5.74, 6) is 0. The van der Waals surface area contributed by atoms with Crippen LogP contribution < -0.4 is 5.56 Å². The van der Waals surface area contributed by atoms with Crippen molar-refractivity contribution in [3.8, 4) is 6.07 Å². The Kier molecular flexibility index (Phi) is 2.49. The highest BCUT2D eigenvalue weighted by atomic mass is 35.5. The highest BCUT2D eigenvalue weighted by Gasteiger charge is 2.42. The second kappa shape index (κ2) is 3.67. The van der Waals surface area contributed by atoms with Crippen molar-refractivity contribution in [1.29, 1.82) is 5.26 Å². The monoisotopic (exact) mass is 223 g/mol. The van der Waals surface area contributed by atoms with Gasteiger partial charge in [0.05, 0.1) is 6.07 Å². The maximum atomic E-state index is 11.6. The van der Waals surface area contributed by atoms with Gasteiger partial charge < -0.3 is 4.57 Å². The van der Waals surface area contributed by atoms with E-state index < -0.39 is 0 Å². The largest absolute Gasteiger partial charge is 0.311 e. The lowest BCUT2D eigenvalue weighted by atomic mass is 10.0. The molecule has 4 nitrogen and oxygen atoms in total. The normalized spacial score (nSPS) is 17.1. The van der Waals surface area contributed by atoms with Gasteiger partial charge in [-0.1, -0.05) is 11.6 Å². The van der Waals surface area contributed by atoms with Crippen LogP contribution in [0.15, 0.2) is 17.2 Å². The molecule has 1 fully saturated rings. The van der Waals surface area contributed by atoms with Gasteiger partial charge in [-0.05, 0) is 12.8 Å². The third-order valence-electron chi connectivity index (χ3n) is 2.79. The fourth-order valence-electron chi connectivity index (χ4n) is 1.64. The lowest BCUT2D eigenvalue weighted by molar-refractivity contribution is 0.422. The predicted molar refractivity (Wildman–Crippen MR) is 55.4 cm³/mol. The molecule has 1 aliphatic rings. The number of hydrogen-bond donors (Lipinski definition) is 0. The van der Waals surface area contributed by atoms with Gasteiger partial charge in [0.1, 0.15) is 0 Å². The molecule has 0 unspecified atom stereocenters. The number of hydrogen-bond acceptors (Lipinski definition) is 3. The minimum absolute atomic E-state index is 0.00323. The van der Waals surface area contributed by atoms with Gasteiger partial charge >= 0.3 is 0 Å². The molecule has 78 valence electrons. The molecule has 15 heavy (non-hydrogen) atoms. The van der Waals surface area contributed by atoms with E-state index in [2.05, 4.69) is 11.1 Å². The van der Waals surface area contributed by atoms with Crippen LogP contribution in [0.5, 0.6) is 0 Å². The first-order chi connectivity index (χ1) is 7.17. The molecule has 1 saturated carbocycles. The lowest BCUT2D eigenvalue weighted by Crippen LogP contribution is -2.25. The fourth-order valence-corrected chi connectivity index (χ4v) is 1.81. The average molecular weight is 224 g/mol. The molecule has 1 aliphatic carbocycles. The molecule has 0 bridgehead atoms. The molecule has 2 rings (SSSR count). The van der Waals surface area contributed by atoms with Crippen LogP contribution in [0.1, 0.15) is 19.3 Å². The average Bonchev–Trinajstić information content (AvgIpc) is 2.94. The van der Waals surface area contributed by atoms with Crippen molar-refractivity contribution < 1.29 is 0 Å². The molecule has 0 spiro atoms. The molecule has 1 heterocycles. The van der Waals surface area contributed by atoms with E-state index in [9.17, 15) is 4.79 Å². The Bertz CT molecular complexity index is 470. The summed E-state index contributed by atoms with van der Waals surface area (Å²) >= 11 is 5.63. The molecular weight excluding hydrogens is 214 g/mol. The van der Waals surface area contributed by atoms with Crippen molar-refractivity contribution in [2.75, 3.05) is 0 Å². The number of nitriles is 1. The van der Waals surface area contributed by atoms with E-state index in [0.717, 1.165) is 12.8 Å². The topological polar surface area (TPSA) is 58.7 Å². The molecule has 0 aromatic carbocycles. The zero-order valence-electron chi connectivity index (χ0n) is 8.11. The summed E-state index contributed by atoms with van der Waals surface area (Å²) in [5, 5.41) is 8.66. The summed E-state index contributed by atoms with van der Waals surface area (Å²) in [5.41, 5.74) is -0.271. The van der Waals surface area contributed by atoms with Gasteiger partial charge in [0, 0.05) is 30.8 Å². The van der Waals surface area contributed by atoms with Crippen LogP contribution in [0.2, 0.25) is 5.15 Å². The highest BCUT2D eigenvalue weighted by molar-refractivity contribution is 6.29. The van der Waals surface area contributed by atoms with Crippen molar-refractivity contribution in [1.82, 2.24) is 9.55 Å². The molecule has 1 aromatic heterocycles. The highest BCUT2D eigenvalue weighted by Crippen LogP contribution is 2.49. The second-order valence-electron chi connectivity index (χ2n) is 3.99. The number of rotatable bonds is 3. The van der Waals surface area contributed by atoms with Crippen molar-refractivity contribution >= 4 is 11.6 Å². The van der Waals surface area contributed by atoms with Crippen molar-refractivity contribution in [2.24, 2.45) is 5.41 Å². The van der Waals surface area contributed by atoms with Crippen LogP contribution >= 0.6 is 11.6 Å². The number of halogens is 1. The summed E-state index contributed by atoms with van der Waals surface area (Å²) in [6, 6.07) is 2.16. The van der Waals surface area contributed by atoms with E-state index in [1.807, 2.05) is 0 Å². The van der Waals surface area contributed by atoms with Gasteiger partial charge in [0.2, 0.25) is 0 Å². The molecule has 0 saturated heterocycles. The Morgan fingerprint density at radius 1 is 1.67 bits per heavy atom. The van der Waals surface area contributed by atoms with Crippen molar-refractivity contribution in [2.45, 2.75) is 25.8 Å². The molecule has 0 atom stereocenters. The number of aromatic nitrogens is 2. The van der Waals surface area contributed by atoms with Gasteiger partial charge in [-0.25, -0.2) is 4.98 Å². The first-order valence-corrected chi connectivity index (χ1v) is 5.13. The molecule has 0 radical (unpaired) electrons. The van der Waals surface area contributed by atoms with Gasteiger partial charge in [0.25, 0.3) is 5.56 Å². The minimum Gasteiger partial charge on any atom is -0.311 e. The van der Waals surface area contributed by atoms with Crippen molar-refractivity contribution in [3.05, 3.63) is 27.9 Å². The van der Waals surface area contributed by atoms with Crippen LogP contribution in [0.3, 0.4) is 0 Å². The van der Waals surface area contributed by atoms with Crippen LogP contribution in [-0.2, 0) is 6.54 Å². The summed E-state index contributed by atoms with van der Waals surface area (Å²) in [7, 11) is 0. The lowest BCUT2D eigenvalue weighted by Gasteiger charge is -2.12. The van der Waals surface area contributed by atoms with Gasteiger partial charge in [-0.15, -0.1) is 0 Å². The van der Waals surface area contributed by atoms with Crippen LogP contribution in [0.4, 0.5) is 0 Å². The van der Waals surface area contributed by atoms with E-state index in [4.69, 9.17) is 16.9 Å². The van der Waals surface area contributed by atoms with Gasteiger partial charge in [-0.3, -0.25) is 4.79 Å². The Balaban J connectivity index is 2.22. The maximum Gasteiger partial charge on any atom is 0.288 e. The molecule has 0 aliphatic heterocycles. The standard InChI is InChI=1S/C10H10ClN3O/c11-8-9(15)14(6-5-13-8)7-10(1-2-10)3-4-12/h5-6H,1-3,7H2. The molecule has 0 amide bonds. The number of nitrogens with zero attached hydrogens (tertiary/aromatic N) is 3. The molecule has 5 heteroatoms. The Morgan fingerprint density at radius 2 is 2.40 bits per heavy atom. The van der Waals surface area contributed by atoms with E-state index in [1.165, 1.54) is 6.20 Å². The SMILES string of the molecule is N#CCC1(Cn2ccnc(Cl)c2=O)CC1. The second-order valence-corrected chi connectivity index (χ2v) is 4.34. The summed E-state index contributed by atoms with van der Waals surface area (Å²) in [6.45, 7) is 0.571. The van der Waals surface area contributed by atoms with E-state index >= 15 is 0 Å². The zero-order valence-corrected chi connectivity index (χ0v) is 8.87. The Morgan fingerprint density at radius 3 is 3.00 bits per heavy atom. The molecule has 1 aromatic rings. The van der Waals surface area contributed by atoms with Crippen molar-refractivity contribution in [3.63, 3.8) is 0 Å². The summed E-state index contributed by atoms with van der Waals surface area (Å²) in [6.07, 6.45) is 5.64. The summed E-state index contributed by atoms with van der Waals surface area (Å²) in [4.78, 5) is 15.3. The van der Waals surface area contributed by atoms with Gasteiger partial charge in [0.15, 0.2) is 5.15 Å². The maximum absolute atomic E-state index is 11.6. The quantitative estimate of drug-likeness (QED) is 0.782. The van der Waals surface area contributed by atoms with E-state index in [-0.39, 0.29) is 16.1 Å². The van der Waals surface area contributed by atoms with Crippen LogP contribution in [0.25, 0.3) is 0 Å². The van der Waals surface area contributed by atoms with Crippen LogP contribution in [-0.4, -0.2) is 9.55 Å². The van der Waals surface area contributed by atoms with Crippen LogP contribution in [0, 0.1) is 16.7 Å². The molecule has 0 N–H and O–H groups in total. The Hall–Kier alpha value is -1.34. The van der Waals surface area contributed by atoms with E-state index in [1.54, 1.807) is 10.8 Å². The van der Waals surface area contributed by atoms with E-state index in [0.29, 0.717) is 13.0 Å². The predicted octanol–water partition coefficient (Wildman–Crippen LogP) is 1.59.